The summed E-state index contributed by atoms with van der Waals surface area (Å²) in [6.45, 7) is 7.62. The summed E-state index contributed by atoms with van der Waals surface area (Å²) in [4.78, 5) is 0. The molecule has 1 aromatic carbocycles. The number of hydrogen-bond acceptors (Lipinski definition) is 4. The lowest BCUT2D eigenvalue weighted by Crippen LogP contribution is -2.23. The van der Waals surface area contributed by atoms with Crippen molar-refractivity contribution in [2.75, 3.05) is 19.8 Å². The molecule has 0 heterocycles. The molecular formula is C14H21NO3. The molecule has 4 nitrogen and oxygen atoms in total. The molecule has 0 fully saturated rings. The Kier molecular flexibility index (Phi) is 6.25. The zero-order valence-electron chi connectivity index (χ0n) is 10.7. The van der Waals surface area contributed by atoms with Gasteiger partial charge in [0.2, 0.25) is 0 Å². The first-order valence-electron chi connectivity index (χ1n) is 6.08. The van der Waals surface area contributed by atoms with Gasteiger partial charge in [-0.2, -0.15) is 0 Å². The van der Waals surface area contributed by atoms with Gasteiger partial charge in [-0.25, -0.2) is 0 Å². The molecule has 0 aliphatic rings. The highest BCUT2D eigenvalue weighted by Crippen LogP contribution is 2.24. The number of nitrogens with one attached hydrogen (secondary N) is 1. The zero-order chi connectivity index (χ0) is 13.4. The van der Waals surface area contributed by atoms with Crippen LogP contribution < -0.4 is 5.32 Å². The molecule has 3 N–H and O–H groups in total. The normalized spacial score (nSPS) is 12.3. The van der Waals surface area contributed by atoms with E-state index < -0.39 is 0 Å². The van der Waals surface area contributed by atoms with Gasteiger partial charge in [0.05, 0.1) is 13.2 Å². The average molecular weight is 251 g/mol. The highest BCUT2D eigenvalue weighted by Gasteiger charge is 2.07. The van der Waals surface area contributed by atoms with Gasteiger partial charge in [-0.1, -0.05) is 6.08 Å². The Morgan fingerprint density at radius 2 is 1.94 bits per heavy atom. The maximum absolute atomic E-state index is 9.39. The van der Waals surface area contributed by atoms with E-state index in [-0.39, 0.29) is 17.5 Å². The van der Waals surface area contributed by atoms with Crippen molar-refractivity contribution in [3.8, 4) is 11.5 Å². The van der Waals surface area contributed by atoms with Crippen LogP contribution in [0.4, 0.5) is 0 Å². The molecule has 0 amide bonds. The molecule has 0 spiro atoms. The van der Waals surface area contributed by atoms with Crippen LogP contribution in [-0.4, -0.2) is 30.0 Å². The van der Waals surface area contributed by atoms with Crippen molar-refractivity contribution in [2.45, 2.75) is 19.4 Å². The summed E-state index contributed by atoms with van der Waals surface area (Å²) in [6.07, 6.45) is 2.68. The average Bonchev–Trinajstić information content (AvgIpc) is 2.32. The summed E-state index contributed by atoms with van der Waals surface area (Å²) in [6, 6.07) is 4.63. The minimum absolute atomic E-state index is 0.0472. The van der Waals surface area contributed by atoms with E-state index in [9.17, 15) is 10.2 Å². The van der Waals surface area contributed by atoms with Gasteiger partial charge in [0.1, 0.15) is 11.5 Å². The summed E-state index contributed by atoms with van der Waals surface area (Å²) in [7, 11) is 0. The Morgan fingerprint density at radius 3 is 2.56 bits per heavy atom. The van der Waals surface area contributed by atoms with E-state index in [1.165, 1.54) is 6.07 Å². The van der Waals surface area contributed by atoms with Gasteiger partial charge in [0, 0.05) is 18.7 Å². The fraction of sp³-hybridized carbons (Fsp3) is 0.429. The Bertz CT molecular complexity index is 359. The smallest absolute Gasteiger partial charge is 0.119 e. The molecule has 4 heteroatoms. The second kappa shape index (κ2) is 7.74. The van der Waals surface area contributed by atoms with Crippen molar-refractivity contribution in [1.82, 2.24) is 5.32 Å². The minimum Gasteiger partial charge on any atom is -0.508 e. The third-order valence-corrected chi connectivity index (χ3v) is 2.59. The fourth-order valence-electron chi connectivity index (χ4n) is 1.60. The van der Waals surface area contributed by atoms with Crippen molar-refractivity contribution in [2.24, 2.45) is 0 Å². The molecule has 1 unspecified atom stereocenters. The standard InChI is InChI=1S/C14H21NO3/c1-3-4-6-18-7-5-15-11(2)12-8-13(16)10-14(17)9-12/h3,8-11,15-17H,1,4-7H2,2H3. The molecule has 0 aliphatic heterocycles. The number of phenolic OH excluding ortho intramolecular Hbond substituents is 2. The third-order valence-electron chi connectivity index (χ3n) is 2.59. The second-order valence-corrected chi connectivity index (χ2v) is 4.15. The van der Waals surface area contributed by atoms with Gasteiger partial charge in [0.15, 0.2) is 0 Å². The van der Waals surface area contributed by atoms with Crippen molar-refractivity contribution in [1.29, 1.82) is 0 Å². The van der Waals surface area contributed by atoms with Crippen LogP contribution in [0.3, 0.4) is 0 Å². The Labute approximate surface area is 108 Å². The van der Waals surface area contributed by atoms with Crippen molar-refractivity contribution >= 4 is 0 Å². The Balaban J connectivity index is 2.31. The maximum atomic E-state index is 9.39. The number of rotatable bonds is 8. The van der Waals surface area contributed by atoms with Crippen molar-refractivity contribution in [3.63, 3.8) is 0 Å². The molecule has 1 rings (SSSR count). The van der Waals surface area contributed by atoms with E-state index in [0.717, 1.165) is 12.0 Å². The van der Waals surface area contributed by atoms with E-state index in [1.807, 2.05) is 13.0 Å². The summed E-state index contributed by atoms with van der Waals surface area (Å²) >= 11 is 0. The molecule has 1 atom stereocenters. The fourth-order valence-corrected chi connectivity index (χ4v) is 1.60. The van der Waals surface area contributed by atoms with E-state index in [2.05, 4.69) is 11.9 Å². The van der Waals surface area contributed by atoms with E-state index in [1.54, 1.807) is 12.1 Å². The van der Waals surface area contributed by atoms with Crippen molar-refractivity contribution < 1.29 is 14.9 Å². The monoisotopic (exact) mass is 251 g/mol. The third kappa shape index (κ3) is 5.21. The molecule has 100 valence electrons. The van der Waals surface area contributed by atoms with Gasteiger partial charge >= 0.3 is 0 Å². The van der Waals surface area contributed by atoms with Crippen LogP contribution in [0, 0.1) is 0 Å². The Hall–Kier alpha value is -1.52. The second-order valence-electron chi connectivity index (χ2n) is 4.15. The first-order valence-corrected chi connectivity index (χ1v) is 6.08. The lowest BCUT2D eigenvalue weighted by Gasteiger charge is -2.15. The molecular weight excluding hydrogens is 230 g/mol. The first-order chi connectivity index (χ1) is 8.63. The van der Waals surface area contributed by atoms with E-state index in [0.29, 0.717) is 19.8 Å². The van der Waals surface area contributed by atoms with Crippen LogP contribution in [0.15, 0.2) is 30.9 Å². The summed E-state index contributed by atoms with van der Waals surface area (Å²) in [5, 5.41) is 22.0. The molecule has 0 radical (unpaired) electrons. The van der Waals surface area contributed by atoms with Crippen LogP contribution >= 0.6 is 0 Å². The molecule has 0 aromatic heterocycles. The van der Waals surface area contributed by atoms with E-state index >= 15 is 0 Å². The minimum atomic E-state index is 0.0472. The van der Waals surface area contributed by atoms with Crippen LogP contribution in [0.5, 0.6) is 11.5 Å². The predicted octanol–water partition coefficient (Wildman–Crippen LogP) is 2.34. The maximum Gasteiger partial charge on any atom is 0.119 e. The first kappa shape index (κ1) is 14.5. The highest BCUT2D eigenvalue weighted by atomic mass is 16.5. The van der Waals surface area contributed by atoms with Gasteiger partial charge < -0.3 is 20.3 Å². The summed E-state index contributed by atoms with van der Waals surface area (Å²) in [5.41, 5.74) is 0.846. The highest BCUT2D eigenvalue weighted by molar-refractivity contribution is 5.37. The number of phenols is 2. The molecule has 0 saturated heterocycles. The van der Waals surface area contributed by atoms with Crippen LogP contribution in [0.1, 0.15) is 24.9 Å². The number of hydrogen-bond donors (Lipinski definition) is 3. The van der Waals surface area contributed by atoms with Gasteiger partial charge in [0.25, 0.3) is 0 Å². The van der Waals surface area contributed by atoms with Gasteiger partial charge in [-0.3, -0.25) is 0 Å². The SMILES string of the molecule is C=CCCOCCNC(C)c1cc(O)cc(O)c1. The quantitative estimate of drug-likeness (QED) is 0.490. The lowest BCUT2D eigenvalue weighted by molar-refractivity contribution is 0.138. The van der Waals surface area contributed by atoms with Crippen LogP contribution in [0.25, 0.3) is 0 Å². The number of benzene rings is 1. The van der Waals surface area contributed by atoms with Gasteiger partial charge in [-0.15, -0.1) is 6.58 Å². The summed E-state index contributed by atoms with van der Waals surface area (Å²) < 4.78 is 5.38. The van der Waals surface area contributed by atoms with E-state index in [4.69, 9.17) is 4.74 Å². The Morgan fingerprint density at radius 1 is 1.28 bits per heavy atom. The zero-order valence-corrected chi connectivity index (χ0v) is 10.7. The molecule has 0 saturated carbocycles. The summed E-state index contributed by atoms with van der Waals surface area (Å²) in [5.74, 6) is 0.141. The molecule has 18 heavy (non-hydrogen) atoms. The lowest BCUT2D eigenvalue weighted by atomic mass is 10.1. The van der Waals surface area contributed by atoms with Crippen molar-refractivity contribution in [3.05, 3.63) is 36.4 Å². The largest absolute Gasteiger partial charge is 0.508 e. The molecule has 0 aliphatic carbocycles. The topological polar surface area (TPSA) is 61.7 Å². The number of ether oxygens (including phenoxy) is 1. The van der Waals surface area contributed by atoms with Crippen LogP contribution in [-0.2, 0) is 4.74 Å². The molecule has 0 bridgehead atoms. The molecule has 1 aromatic rings. The predicted molar refractivity (Wildman–Crippen MR) is 71.8 cm³/mol. The van der Waals surface area contributed by atoms with Crippen LogP contribution in [0.2, 0.25) is 0 Å². The van der Waals surface area contributed by atoms with Gasteiger partial charge in [-0.05, 0) is 31.0 Å². The number of aromatic hydroxyl groups is 2.